The Balaban J connectivity index is 1.41. The van der Waals surface area contributed by atoms with Crippen LogP contribution >= 0.6 is 0 Å². The number of unbranched alkanes of at least 4 members (excludes halogenated alkanes) is 6. The number of carbonyl (C=O) groups is 1. The number of halogens is 1. The fourth-order valence-electron chi connectivity index (χ4n) is 5.10. The van der Waals surface area contributed by atoms with Crippen molar-refractivity contribution in [3.63, 3.8) is 0 Å². The summed E-state index contributed by atoms with van der Waals surface area (Å²) in [5.41, 5.74) is 2.53. The highest BCUT2D eigenvalue weighted by Crippen LogP contribution is 2.30. The van der Waals surface area contributed by atoms with Crippen molar-refractivity contribution < 1.29 is 23.4 Å². The first-order valence-corrected chi connectivity index (χ1v) is 15.3. The third-order valence-electron chi connectivity index (χ3n) is 7.67. The summed E-state index contributed by atoms with van der Waals surface area (Å²) in [6, 6.07) is 16.0. The van der Waals surface area contributed by atoms with Crippen LogP contribution in [0.25, 0.3) is 11.1 Å². The summed E-state index contributed by atoms with van der Waals surface area (Å²) < 4.78 is 31.2. The van der Waals surface area contributed by atoms with Crippen LogP contribution in [-0.2, 0) is 9.53 Å². The van der Waals surface area contributed by atoms with E-state index < -0.39 is 12.1 Å². The lowest BCUT2D eigenvalue weighted by Crippen LogP contribution is -2.30. The Labute approximate surface area is 240 Å². The van der Waals surface area contributed by atoms with E-state index in [0.29, 0.717) is 36.9 Å². The van der Waals surface area contributed by atoms with Gasteiger partial charge in [0.2, 0.25) is 0 Å². The highest BCUT2D eigenvalue weighted by molar-refractivity contribution is 5.74. The zero-order valence-corrected chi connectivity index (χ0v) is 24.3. The van der Waals surface area contributed by atoms with Gasteiger partial charge in [-0.2, -0.15) is 5.26 Å². The van der Waals surface area contributed by atoms with Crippen LogP contribution in [0.4, 0.5) is 4.39 Å². The van der Waals surface area contributed by atoms with Crippen LogP contribution in [0.1, 0.15) is 103 Å². The van der Waals surface area contributed by atoms with E-state index in [1.165, 1.54) is 25.7 Å². The first kappa shape index (κ1) is 31.5. The summed E-state index contributed by atoms with van der Waals surface area (Å²) in [5, 5.41) is 9.65. The third-order valence-corrected chi connectivity index (χ3v) is 7.67. The predicted octanol–water partition coefficient (Wildman–Crippen LogP) is 8.97. The monoisotopic (exact) mass is 551 g/mol. The van der Waals surface area contributed by atoms with Gasteiger partial charge in [0.05, 0.1) is 18.8 Å². The molecule has 1 saturated carbocycles. The lowest BCUT2D eigenvalue weighted by Gasteiger charge is -2.28. The predicted molar refractivity (Wildman–Crippen MR) is 157 cm³/mol. The molecule has 1 aliphatic rings. The van der Waals surface area contributed by atoms with Gasteiger partial charge in [-0.15, -0.1) is 0 Å². The average Bonchev–Trinajstić information content (AvgIpc) is 2.99. The van der Waals surface area contributed by atoms with Crippen LogP contribution in [0.15, 0.2) is 42.5 Å². The van der Waals surface area contributed by atoms with E-state index in [-0.39, 0.29) is 12.5 Å². The van der Waals surface area contributed by atoms with E-state index in [2.05, 4.69) is 13.0 Å². The summed E-state index contributed by atoms with van der Waals surface area (Å²) >= 11 is 0. The summed E-state index contributed by atoms with van der Waals surface area (Å²) in [4.78, 5) is 11.9. The van der Waals surface area contributed by atoms with E-state index in [1.54, 1.807) is 0 Å². The number of ether oxygens (including phenoxy) is 3. The average molecular weight is 552 g/mol. The second kappa shape index (κ2) is 17.6. The third kappa shape index (κ3) is 10.5. The molecule has 2 aromatic rings. The molecule has 0 bridgehead atoms. The molecule has 0 spiro atoms. The Morgan fingerprint density at radius 3 is 2.27 bits per heavy atom. The maximum absolute atomic E-state index is 13.9. The molecule has 0 heterocycles. The molecular weight excluding hydrogens is 505 g/mol. The lowest BCUT2D eigenvalue weighted by atomic mass is 9.88. The quantitative estimate of drug-likeness (QED) is 0.145. The first-order valence-electron chi connectivity index (χ1n) is 15.3. The van der Waals surface area contributed by atoms with Crippen LogP contribution in [0.5, 0.6) is 11.5 Å². The molecule has 2 aromatic carbocycles. The molecule has 0 aromatic heterocycles. The first-order chi connectivity index (χ1) is 19.5. The largest absolute Gasteiger partial charge is 0.493 e. The van der Waals surface area contributed by atoms with Gasteiger partial charge >= 0.3 is 5.97 Å². The highest BCUT2D eigenvalue weighted by atomic mass is 19.1. The molecule has 0 amide bonds. The Morgan fingerprint density at radius 1 is 0.900 bits per heavy atom. The van der Waals surface area contributed by atoms with Crippen molar-refractivity contribution in [2.45, 2.75) is 110 Å². The standard InChI is InChI=1S/C34H46FNO4/c1-3-5-7-8-9-10-22-38-33-21-16-28(23-29(33)24-36)27-14-19-30(20-15-27)39-25-26-12-17-31(18-13-26)40-34(37)32(35)11-6-4-2/h14-16,19-21,23,26,31-32H,3-13,17-18,22,25H2,1-2H3/t26-,31-,32-/m0/s1. The van der Waals surface area contributed by atoms with E-state index >= 15 is 0 Å². The van der Waals surface area contributed by atoms with E-state index in [4.69, 9.17) is 14.2 Å². The fraction of sp³-hybridized carbons (Fsp3) is 0.588. The molecule has 1 fully saturated rings. The number of rotatable bonds is 17. The molecule has 0 saturated heterocycles. The van der Waals surface area contributed by atoms with Gasteiger partial charge in [0, 0.05) is 0 Å². The van der Waals surface area contributed by atoms with Crippen molar-refractivity contribution >= 4 is 5.97 Å². The van der Waals surface area contributed by atoms with Crippen molar-refractivity contribution in [1.29, 1.82) is 5.26 Å². The van der Waals surface area contributed by atoms with Crippen molar-refractivity contribution in [3.8, 4) is 28.7 Å². The van der Waals surface area contributed by atoms with E-state index in [0.717, 1.165) is 61.8 Å². The van der Waals surface area contributed by atoms with Crippen molar-refractivity contribution in [2.75, 3.05) is 13.2 Å². The summed E-state index contributed by atoms with van der Waals surface area (Å²) in [6.45, 7) is 5.44. The van der Waals surface area contributed by atoms with Gasteiger partial charge in [-0.05, 0) is 79.8 Å². The molecule has 5 nitrogen and oxygen atoms in total. The molecule has 3 rings (SSSR count). The number of benzene rings is 2. The topological polar surface area (TPSA) is 68.6 Å². The van der Waals surface area contributed by atoms with Gasteiger partial charge in [0.25, 0.3) is 0 Å². The number of esters is 1. The second-order valence-electron chi connectivity index (χ2n) is 11.0. The molecule has 40 heavy (non-hydrogen) atoms. The molecule has 6 heteroatoms. The maximum atomic E-state index is 13.9. The number of nitrogens with zero attached hydrogens (tertiary/aromatic N) is 1. The van der Waals surface area contributed by atoms with Crippen LogP contribution in [0.2, 0.25) is 0 Å². The molecule has 0 aliphatic heterocycles. The minimum atomic E-state index is -1.50. The van der Waals surface area contributed by atoms with Crippen molar-refractivity contribution in [1.82, 2.24) is 0 Å². The highest BCUT2D eigenvalue weighted by Gasteiger charge is 2.27. The van der Waals surface area contributed by atoms with E-state index in [9.17, 15) is 14.4 Å². The van der Waals surface area contributed by atoms with Gasteiger partial charge in [-0.25, -0.2) is 9.18 Å². The van der Waals surface area contributed by atoms with Crippen molar-refractivity contribution in [3.05, 3.63) is 48.0 Å². The maximum Gasteiger partial charge on any atom is 0.340 e. The van der Waals surface area contributed by atoms with Crippen LogP contribution < -0.4 is 9.47 Å². The molecule has 0 unspecified atom stereocenters. The summed E-state index contributed by atoms with van der Waals surface area (Å²) in [5.74, 6) is 1.13. The van der Waals surface area contributed by atoms with Gasteiger partial charge in [-0.3, -0.25) is 0 Å². The Morgan fingerprint density at radius 2 is 1.57 bits per heavy atom. The molecule has 1 aliphatic carbocycles. The summed E-state index contributed by atoms with van der Waals surface area (Å²) in [6.07, 6.45) is 10.6. The van der Waals surface area contributed by atoms with Gasteiger partial charge < -0.3 is 14.2 Å². The molecule has 1 atom stereocenters. The Kier molecular flexibility index (Phi) is 13.8. The Bertz CT molecular complexity index is 1060. The zero-order chi connectivity index (χ0) is 28.6. The second-order valence-corrected chi connectivity index (χ2v) is 11.0. The van der Waals surface area contributed by atoms with Crippen molar-refractivity contribution in [2.24, 2.45) is 5.92 Å². The smallest absolute Gasteiger partial charge is 0.340 e. The Hall–Kier alpha value is -3.07. The lowest BCUT2D eigenvalue weighted by molar-refractivity contribution is -0.157. The minimum absolute atomic E-state index is 0.187. The number of alkyl halides is 1. The van der Waals surface area contributed by atoms with E-state index in [1.807, 2.05) is 49.4 Å². The molecule has 0 N–H and O–H groups in total. The zero-order valence-electron chi connectivity index (χ0n) is 24.3. The number of hydrogen-bond donors (Lipinski definition) is 0. The van der Waals surface area contributed by atoms with Crippen LogP contribution in [0.3, 0.4) is 0 Å². The van der Waals surface area contributed by atoms with Crippen LogP contribution in [0, 0.1) is 17.2 Å². The van der Waals surface area contributed by atoms with Gasteiger partial charge in [0.15, 0.2) is 6.17 Å². The number of carbonyl (C=O) groups excluding carboxylic acids is 1. The minimum Gasteiger partial charge on any atom is -0.493 e. The molecule has 0 radical (unpaired) electrons. The fourth-order valence-corrected chi connectivity index (χ4v) is 5.10. The normalized spacial score (nSPS) is 17.6. The summed E-state index contributed by atoms with van der Waals surface area (Å²) in [7, 11) is 0. The molecule has 218 valence electrons. The van der Waals surface area contributed by atoms with Gasteiger partial charge in [0.1, 0.15) is 23.7 Å². The van der Waals surface area contributed by atoms with Gasteiger partial charge in [-0.1, -0.05) is 77.0 Å². The molecular formula is C34H46FNO4. The SMILES string of the molecule is CCCCCCCCOc1ccc(-c2ccc(OC[C@H]3CC[C@H](OC(=O)[C@@H](F)CCCC)CC3)cc2)cc1C#N. The number of hydrogen-bond acceptors (Lipinski definition) is 5. The number of nitriles is 1. The van der Waals surface area contributed by atoms with Crippen LogP contribution in [-0.4, -0.2) is 31.5 Å².